The molecule has 0 aromatic heterocycles. The highest BCUT2D eigenvalue weighted by Crippen LogP contribution is 2.53. The van der Waals surface area contributed by atoms with Crippen LogP contribution in [0.2, 0.25) is 0 Å². The molecular weight excluding hydrogens is 391 g/mol. The van der Waals surface area contributed by atoms with Gasteiger partial charge in [0.25, 0.3) is 0 Å². The molecule has 2 aromatic carbocycles. The van der Waals surface area contributed by atoms with Crippen molar-refractivity contribution in [3.05, 3.63) is 59.1 Å². The number of hydrogen-bond acceptors (Lipinski definition) is 1. The third kappa shape index (κ3) is 6.16. The van der Waals surface area contributed by atoms with E-state index >= 15 is 0 Å². The van der Waals surface area contributed by atoms with Crippen molar-refractivity contribution in [3.8, 4) is 0 Å². The fourth-order valence-corrected chi connectivity index (χ4v) is 2.96. The van der Waals surface area contributed by atoms with Gasteiger partial charge in [-0.15, -0.1) is 0 Å². The van der Waals surface area contributed by atoms with E-state index in [1.165, 1.54) is 0 Å². The van der Waals surface area contributed by atoms with E-state index in [0.717, 1.165) is 28.8 Å². The molecule has 1 aliphatic rings. The molecule has 3 nitrogen and oxygen atoms in total. The molecule has 0 bridgehead atoms. The normalized spacial score (nSPS) is 19.4. The predicted octanol–water partition coefficient (Wildman–Crippen LogP) is 6.89. The van der Waals surface area contributed by atoms with Crippen LogP contribution in [-0.2, 0) is 0 Å². The summed E-state index contributed by atoms with van der Waals surface area (Å²) in [7, 11) is 0. The van der Waals surface area contributed by atoms with Crippen molar-refractivity contribution in [2.45, 2.75) is 39.4 Å². The van der Waals surface area contributed by atoms with Gasteiger partial charge >= 0.3 is 12.3 Å². The lowest BCUT2D eigenvalue weighted by Crippen LogP contribution is -2.24. The number of nitrogens with one attached hydrogen (secondary N) is 1. The molecule has 2 atom stereocenters. The maximum Gasteiger partial charge on any atom is 0.426 e. The Morgan fingerprint density at radius 2 is 1.82 bits per heavy atom. The second kappa shape index (κ2) is 8.43. The van der Waals surface area contributed by atoms with Crippen LogP contribution in [0.5, 0.6) is 0 Å². The molecule has 1 saturated carbocycles. The quantitative estimate of drug-likeness (QED) is 0.575. The Kier molecular flexibility index (Phi) is 6.65. The Labute approximate surface area is 167 Å². The van der Waals surface area contributed by atoms with Crippen molar-refractivity contribution in [2.75, 3.05) is 0 Å². The average Bonchev–Trinajstić information content (AvgIpc) is 3.19. The van der Waals surface area contributed by atoms with Gasteiger partial charge in [-0.3, -0.25) is 0 Å². The fraction of sp³-hybridized carbons (Fsp3) is 0.381. The molecule has 1 fully saturated rings. The molecule has 0 spiro atoms. The molecule has 152 valence electrons. The maximum atomic E-state index is 11.9. The lowest BCUT2D eigenvalue weighted by Gasteiger charge is -2.12. The van der Waals surface area contributed by atoms with Gasteiger partial charge in [0.05, 0.1) is 6.04 Å². The second-order valence-electron chi connectivity index (χ2n) is 7.59. The van der Waals surface area contributed by atoms with Crippen LogP contribution < -0.4 is 5.32 Å². The standard InChI is InChI=1S/C13H13NO2.C8H10ClF3/c1-9(14-13(15)16)11-7-6-10-4-2-3-5-12(10)8-11;1-7(2)4-5(7)3-6(9)8(10,11)12/h2-9,14H,1H3,(H,15,16);3,5H,4H2,1-2H3/t9-;/m1./s1. The van der Waals surface area contributed by atoms with Gasteiger partial charge in [0.2, 0.25) is 0 Å². The third-order valence-corrected chi connectivity index (χ3v) is 5.16. The Hall–Kier alpha value is -2.21. The first-order chi connectivity index (χ1) is 12.9. The summed E-state index contributed by atoms with van der Waals surface area (Å²) >= 11 is 5.06. The van der Waals surface area contributed by atoms with Crippen molar-refractivity contribution in [2.24, 2.45) is 11.3 Å². The smallest absolute Gasteiger partial charge is 0.426 e. The summed E-state index contributed by atoms with van der Waals surface area (Å²) in [5.41, 5.74) is 0.979. The van der Waals surface area contributed by atoms with Crippen LogP contribution in [-0.4, -0.2) is 17.4 Å². The molecule has 1 aliphatic carbocycles. The first kappa shape index (κ1) is 22.1. The van der Waals surface area contributed by atoms with Crippen LogP contribution in [0.25, 0.3) is 10.8 Å². The summed E-state index contributed by atoms with van der Waals surface area (Å²) in [4.78, 5) is 10.5. The first-order valence-corrected chi connectivity index (χ1v) is 9.20. The van der Waals surface area contributed by atoms with Crippen molar-refractivity contribution in [3.63, 3.8) is 0 Å². The largest absolute Gasteiger partial charge is 0.465 e. The monoisotopic (exact) mass is 413 g/mol. The lowest BCUT2D eigenvalue weighted by atomic mass is 10.0. The van der Waals surface area contributed by atoms with Crippen molar-refractivity contribution in [1.29, 1.82) is 0 Å². The van der Waals surface area contributed by atoms with Crippen LogP contribution in [0.1, 0.15) is 38.8 Å². The van der Waals surface area contributed by atoms with E-state index in [0.29, 0.717) is 0 Å². The number of fused-ring (bicyclic) bond motifs is 1. The molecule has 1 unspecified atom stereocenters. The average molecular weight is 414 g/mol. The number of benzene rings is 2. The zero-order valence-corrected chi connectivity index (χ0v) is 16.6. The molecule has 0 radical (unpaired) electrons. The predicted molar refractivity (Wildman–Crippen MR) is 105 cm³/mol. The minimum absolute atomic E-state index is 0.00535. The Balaban J connectivity index is 0.000000209. The molecular formula is C21H23ClF3NO2. The summed E-state index contributed by atoms with van der Waals surface area (Å²) in [6, 6.07) is 13.8. The zero-order valence-electron chi connectivity index (χ0n) is 15.8. The topological polar surface area (TPSA) is 49.3 Å². The number of amides is 1. The number of hydrogen-bond donors (Lipinski definition) is 2. The van der Waals surface area contributed by atoms with E-state index in [9.17, 15) is 18.0 Å². The highest BCUT2D eigenvalue weighted by atomic mass is 35.5. The van der Waals surface area contributed by atoms with E-state index in [-0.39, 0.29) is 17.4 Å². The van der Waals surface area contributed by atoms with Crippen molar-refractivity contribution >= 4 is 28.5 Å². The number of allylic oxidation sites excluding steroid dienone is 2. The number of carbonyl (C=O) groups is 1. The van der Waals surface area contributed by atoms with Gasteiger partial charge in [0.1, 0.15) is 5.03 Å². The van der Waals surface area contributed by atoms with Crippen LogP contribution in [0.4, 0.5) is 18.0 Å². The number of alkyl halides is 3. The van der Waals surface area contributed by atoms with Gasteiger partial charge in [-0.25, -0.2) is 4.79 Å². The highest BCUT2D eigenvalue weighted by Gasteiger charge is 2.46. The van der Waals surface area contributed by atoms with E-state index in [1.54, 1.807) is 0 Å². The van der Waals surface area contributed by atoms with Gasteiger partial charge < -0.3 is 10.4 Å². The number of rotatable bonds is 3. The van der Waals surface area contributed by atoms with E-state index in [4.69, 9.17) is 16.7 Å². The second-order valence-corrected chi connectivity index (χ2v) is 8.00. The minimum Gasteiger partial charge on any atom is -0.465 e. The minimum atomic E-state index is -4.37. The molecule has 0 saturated heterocycles. The lowest BCUT2D eigenvalue weighted by molar-refractivity contribution is -0.0848. The molecule has 3 rings (SSSR count). The van der Waals surface area contributed by atoms with Crippen molar-refractivity contribution < 1.29 is 23.1 Å². The Morgan fingerprint density at radius 3 is 2.32 bits per heavy atom. The molecule has 1 amide bonds. The summed E-state index contributed by atoms with van der Waals surface area (Å²) < 4.78 is 35.7. The van der Waals surface area contributed by atoms with E-state index < -0.39 is 17.3 Å². The van der Waals surface area contributed by atoms with Gasteiger partial charge in [-0.05, 0) is 47.1 Å². The first-order valence-electron chi connectivity index (χ1n) is 8.83. The van der Waals surface area contributed by atoms with Gasteiger partial charge in [-0.2, -0.15) is 13.2 Å². The Morgan fingerprint density at radius 1 is 1.25 bits per heavy atom. The van der Waals surface area contributed by atoms with E-state index in [1.807, 2.05) is 63.2 Å². The maximum absolute atomic E-state index is 11.9. The van der Waals surface area contributed by atoms with Gasteiger partial charge in [0, 0.05) is 0 Å². The third-order valence-electron chi connectivity index (χ3n) is 4.82. The van der Waals surface area contributed by atoms with E-state index in [2.05, 4.69) is 5.32 Å². The van der Waals surface area contributed by atoms with Crippen LogP contribution in [0.15, 0.2) is 53.6 Å². The molecule has 2 aromatic rings. The van der Waals surface area contributed by atoms with Crippen LogP contribution in [0, 0.1) is 11.3 Å². The fourth-order valence-electron chi connectivity index (χ4n) is 2.81. The highest BCUT2D eigenvalue weighted by molar-refractivity contribution is 6.30. The molecule has 0 heterocycles. The summed E-state index contributed by atoms with van der Waals surface area (Å²) in [5.74, 6) is -0.00775. The van der Waals surface area contributed by atoms with Gasteiger partial charge in [-0.1, -0.05) is 67.9 Å². The summed E-state index contributed by atoms with van der Waals surface area (Å²) in [6.45, 7) is 5.68. The Bertz CT molecular complexity index is 877. The van der Waals surface area contributed by atoms with Crippen LogP contribution in [0.3, 0.4) is 0 Å². The number of carboxylic acid groups (broad SMARTS) is 1. The van der Waals surface area contributed by atoms with Gasteiger partial charge in [0.15, 0.2) is 0 Å². The summed E-state index contributed by atoms with van der Waals surface area (Å²) in [6.07, 6.45) is -3.47. The molecule has 28 heavy (non-hydrogen) atoms. The molecule has 7 heteroatoms. The summed E-state index contributed by atoms with van der Waals surface area (Å²) in [5, 5.41) is 12.4. The zero-order chi connectivity index (χ0) is 21.1. The number of halogens is 4. The molecule has 0 aliphatic heterocycles. The van der Waals surface area contributed by atoms with Crippen molar-refractivity contribution in [1.82, 2.24) is 5.32 Å². The molecule has 2 N–H and O–H groups in total. The SMILES string of the molecule is CC1(C)CC1C=C(Cl)C(F)(F)F.C[C@@H](NC(=O)O)c1ccc2ccccc2c1. The van der Waals surface area contributed by atoms with Crippen LogP contribution >= 0.6 is 11.6 Å².